The molecule has 94 valence electrons. The lowest BCUT2D eigenvalue weighted by Crippen LogP contribution is -2.27. The Kier molecular flexibility index (Phi) is 3.01. The molecular weight excluding hydrogens is 235 g/mol. The van der Waals surface area contributed by atoms with Crippen molar-refractivity contribution in [3.05, 3.63) is 42.0 Å². The van der Waals surface area contributed by atoms with Crippen molar-refractivity contribution in [3.8, 4) is 0 Å². The quantitative estimate of drug-likeness (QED) is 0.874. The van der Waals surface area contributed by atoms with Crippen molar-refractivity contribution in [1.82, 2.24) is 9.78 Å². The van der Waals surface area contributed by atoms with Gasteiger partial charge in [-0.3, -0.25) is 9.48 Å². The molecule has 0 aliphatic rings. The number of halogens is 1. The van der Waals surface area contributed by atoms with Crippen LogP contribution in [0.4, 0.5) is 15.8 Å². The van der Waals surface area contributed by atoms with Gasteiger partial charge in [0.15, 0.2) is 5.69 Å². The molecule has 0 radical (unpaired) electrons. The molecule has 1 amide bonds. The van der Waals surface area contributed by atoms with Gasteiger partial charge in [0.25, 0.3) is 5.91 Å². The number of aryl methyl sites for hydroxylation is 1. The van der Waals surface area contributed by atoms with Crippen LogP contribution < -0.4 is 10.6 Å². The SMILES string of the molecule is CN(C(=O)c1nn(C)cc1N)c1ccc(F)cc1. The number of nitrogens with two attached hydrogens (primary N) is 1. The average Bonchev–Trinajstić information content (AvgIpc) is 2.67. The van der Waals surface area contributed by atoms with Gasteiger partial charge in [-0.15, -0.1) is 0 Å². The van der Waals surface area contributed by atoms with E-state index in [-0.39, 0.29) is 17.4 Å². The van der Waals surface area contributed by atoms with Crippen molar-refractivity contribution in [1.29, 1.82) is 0 Å². The summed E-state index contributed by atoms with van der Waals surface area (Å²) in [7, 11) is 3.27. The first-order valence-corrected chi connectivity index (χ1v) is 5.32. The maximum absolute atomic E-state index is 12.8. The molecule has 0 atom stereocenters. The average molecular weight is 248 g/mol. The van der Waals surface area contributed by atoms with Crippen LogP contribution in [0.15, 0.2) is 30.5 Å². The molecule has 2 rings (SSSR count). The van der Waals surface area contributed by atoms with Crippen LogP contribution in [0.25, 0.3) is 0 Å². The van der Waals surface area contributed by atoms with Gasteiger partial charge in [0.1, 0.15) is 5.82 Å². The van der Waals surface area contributed by atoms with E-state index >= 15 is 0 Å². The molecule has 1 aromatic heterocycles. The summed E-state index contributed by atoms with van der Waals surface area (Å²) in [5.41, 5.74) is 6.77. The van der Waals surface area contributed by atoms with Gasteiger partial charge in [0, 0.05) is 26.0 Å². The summed E-state index contributed by atoms with van der Waals surface area (Å²) in [6.07, 6.45) is 1.56. The molecule has 0 saturated heterocycles. The molecule has 0 aliphatic heterocycles. The van der Waals surface area contributed by atoms with Crippen LogP contribution in [0.1, 0.15) is 10.5 Å². The zero-order valence-electron chi connectivity index (χ0n) is 10.1. The van der Waals surface area contributed by atoms with Crippen molar-refractivity contribution in [2.24, 2.45) is 7.05 Å². The second-order valence-corrected chi connectivity index (χ2v) is 3.95. The maximum atomic E-state index is 12.8. The Hall–Kier alpha value is -2.37. The zero-order chi connectivity index (χ0) is 13.3. The van der Waals surface area contributed by atoms with Crippen LogP contribution in [0.3, 0.4) is 0 Å². The molecule has 1 aromatic carbocycles. The Morgan fingerprint density at radius 2 is 2.00 bits per heavy atom. The number of benzene rings is 1. The molecule has 2 aromatic rings. The number of nitrogens with zero attached hydrogens (tertiary/aromatic N) is 3. The number of anilines is 2. The number of rotatable bonds is 2. The Morgan fingerprint density at radius 3 is 2.50 bits per heavy atom. The van der Waals surface area contributed by atoms with Gasteiger partial charge in [-0.1, -0.05) is 0 Å². The fraction of sp³-hybridized carbons (Fsp3) is 0.167. The fourth-order valence-electron chi connectivity index (χ4n) is 1.61. The summed E-state index contributed by atoms with van der Waals surface area (Å²) in [6.45, 7) is 0. The van der Waals surface area contributed by atoms with Crippen LogP contribution in [-0.4, -0.2) is 22.7 Å². The van der Waals surface area contributed by atoms with Gasteiger partial charge in [-0.2, -0.15) is 5.10 Å². The molecule has 18 heavy (non-hydrogen) atoms. The number of hydrogen-bond donors (Lipinski definition) is 1. The highest BCUT2D eigenvalue weighted by molar-refractivity contribution is 6.07. The van der Waals surface area contributed by atoms with Crippen molar-refractivity contribution in [2.75, 3.05) is 17.7 Å². The molecule has 0 fully saturated rings. The fourth-order valence-corrected chi connectivity index (χ4v) is 1.61. The highest BCUT2D eigenvalue weighted by atomic mass is 19.1. The molecule has 0 unspecified atom stereocenters. The first kappa shape index (κ1) is 12.1. The molecule has 2 N–H and O–H groups in total. The summed E-state index contributed by atoms with van der Waals surface area (Å²) in [5.74, 6) is -0.684. The molecule has 0 spiro atoms. The predicted octanol–water partition coefficient (Wildman–Crippen LogP) is 1.42. The first-order valence-electron chi connectivity index (χ1n) is 5.32. The number of hydrogen-bond acceptors (Lipinski definition) is 3. The second-order valence-electron chi connectivity index (χ2n) is 3.95. The standard InChI is InChI=1S/C12H13FN4O/c1-16-7-10(14)11(15-16)12(18)17(2)9-5-3-8(13)4-6-9/h3-7H,14H2,1-2H3. The minimum absolute atomic E-state index is 0.185. The van der Waals surface area contributed by atoms with E-state index in [1.54, 1.807) is 20.3 Å². The summed E-state index contributed by atoms with van der Waals surface area (Å²) in [4.78, 5) is 13.5. The summed E-state index contributed by atoms with van der Waals surface area (Å²) in [5, 5.41) is 4.00. The van der Waals surface area contributed by atoms with Gasteiger partial charge in [-0.05, 0) is 24.3 Å². The minimum atomic E-state index is -0.350. The third kappa shape index (κ3) is 2.17. The van der Waals surface area contributed by atoms with E-state index in [4.69, 9.17) is 5.73 Å². The molecule has 6 heteroatoms. The number of amides is 1. The third-order valence-corrected chi connectivity index (χ3v) is 2.58. The van der Waals surface area contributed by atoms with Crippen LogP contribution in [0.5, 0.6) is 0 Å². The highest BCUT2D eigenvalue weighted by Crippen LogP contribution is 2.18. The van der Waals surface area contributed by atoms with E-state index in [0.29, 0.717) is 11.4 Å². The van der Waals surface area contributed by atoms with Gasteiger partial charge in [0.05, 0.1) is 5.69 Å². The summed E-state index contributed by atoms with van der Waals surface area (Å²) >= 11 is 0. The van der Waals surface area contributed by atoms with Crippen LogP contribution in [0.2, 0.25) is 0 Å². The molecule has 0 saturated carbocycles. The van der Waals surface area contributed by atoms with Gasteiger partial charge >= 0.3 is 0 Å². The third-order valence-electron chi connectivity index (χ3n) is 2.58. The zero-order valence-corrected chi connectivity index (χ0v) is 10.1. The summed E-state index contributed by atoms with van der Waals surface area (Å²) < 4.78 is 14.3. The lowest BCUT2D eigenvalue weighted by Gasteiger charge is -2.16. The number of carbonyl (C=O) groups excluding carboxylic acids is 1. The lowest BCUT2D eigenvalue weighted by atomic mass is 10.2. The van der Waals surface area contributed by atoms with E-state index in [2.05, 4.69) is 5.10 Å². The normalized spacial score (nSPS) is 10.4. The Morgan fingerprint density at radius 1 is 1.39 bits per heavy atom. The number of aromatic nitrogens is 2. The van der Waals surface area contributed by atoms with E-state index in [0.717, 1.165) is 0 Å². The van der Waals surface area contributed by atoms with E-state index in [1.165, 1.54) is 33.8 Å². The van der Waals surface area contributed by atoms with Crippen molar-refractivity contribution in [3.63, 3.8) is 0 Å². The molecular formula is C12H13FN4O. The summed E-state index contributed by atoms with van der Waals surface area (Å²) in [6, 6.07) is 5.63. The topological polar surface area (TPSA) is 64.2 Å². The number of nitrogen functional groups attached to an aromatic ring is 1. The van der Waals surface area contributed by atoms with Crippen LogP contribution >= 0.6 is 0 Å². The first-order chi connectivity index (χ1) is 8.49. The van der Waals surface area contributed by atoms with Crippen molar-refractivity contribution < 1.29 is 9.18 Å². The van der Waals surface area contributed by atoms with E-state index in [1.807, 2.05) is 0 Å². The van der Waals surface area contributed by atoms with Gasteiger partial charge in [-0.25, -0.2) is 4.39 Å². The Balaban J connectivity index is 2.29. The monoisotopic (exact) mass is 248 g/mol. The molecule has 0 bridgehead atoms. The van der Waals surface area contributed by atoms with Gasteiger partial charge in [0.2, 0.25) is 0 Å². The van der Waals surface area contributed by atoms with Gasteiger partial charge < -0.3 is 10.6 Å². The maximum Gasteiger partial charge on any atom is 0.280 e. The molecule has 0 aliphatic carbocycles. The minimum Gasteiger partial charge on any atom is -0.396 e. The van der Waals surface area contributed by atoms with E-state index < -0.39 is 0 Å². The lowest BCUT2D eigenvalue weighted by molar-refractivity contribution is 0.0988. The molecule has 5 nitrogen and oxygen atoms in total. The second kappa shape index (κ2) is 4.48. The highest BCUT2D eigenvalue weighted by Gasteiger charge is 2.19. The Bertz CT molecular complexity index is 576. The van der Waals surface area contributed by atoms with E-state index in [9.17, 15) is 9.18 Å². The molecule has 1 heterocycles. The predicted molar refractivity (Wildman–Crippen MR) is 66.8 cm³/mol. The van der Waals surface area contributed by atoms with Crippen LogP contribution in [0, 0.1) is 5.82 Å². The Labute approximate surface area is 104 Å². The smallest absolute Gasteiger partial charge is 0.280 e. The number of carbonyl (C=O) groups is 1. The van der Waals surface area contributed by atoms with Crippen molar-refractivity contribution >= 4 is 17.3 Å². The van der Waals surface area contributed by atoms with Crippen molar-refractivity contribution in [2.45, 2.75) is 0 Å². The largest absolute Gasteiger partial charge is 0.396 e. The van der Waals surface area contributed by atoms with Crippen LogP contribution in [-0.2, 0) is 7.05 Å².